The van der Waals surface area contributed by atoms with Crippen molar-refractivity contribution in [2.24, 2.45) is 0 Å². The minimum absolute atomic E-state index is 0.416. The van der Waals surface area contributed by atoms with Crippen LogP contribution in [0.2, 0.25) is 0 Å². The summed E-state index contributed by atoms with van der Waals surface area (Å²) in [4.78, 5) is 15.6. The van der Waals surface area contributed by atoms with E-state index in [0.29, 0.717) is 0 Å². The number of piperazine rings is 1. The SMILES string of the molecule is N#CC1(c2cc3c(-c4cc(N5CCNCC5)ncn4)n[nH]c3cn2)CC1. The zero-order valence-corrected chi connectivity index (χ0v) is 14.2. The van der Waals surface area contributed by atoms with Gasteiger partial charge in [0.1, 0.15) is 17.8 Å². The van der Waals surface area contributed by atoms with Gasteiger partial charge in [-0.3, -0.25) is 10.1 Å². The maximum atomic E-state index is 9.45. The average molecular weight is 346 g/mol. The van der Waals surface area contributed by atoms with Gasteiger partial charge < -0.3 is 10.2 Å². The van der Waals surface area contributed by atoms with Crippen molar-refractivity contribution in [3.8, 4) is 17.5 Å². The summed E-state index contributed by atoms with van der Waals surface area (Å²) in [5.74, 6) is 0.914. The Bertz CT molecular complexity index is 1010. The van der Waals surface area contributed by atoms with Crippen LogP contribution in [-0.4, -0.2) is 51.3 Å². The molecule has 1 saturated carbocycles. The van der Waals surface area contributed by atoms with Gasteiger partial charge in [0.15, 0.2) is 0 Å². The summed E-state index contributed by atoms with van der Waals surface area (Å²) in [5, 5.41) is 21.2. The Morgan fingerprint density at radius 3 is 2.73 bits per heavy atom. The van der Waals surface area contributed by atoms with Crippen molar-refractivity contribution in [2.75, 3.05) is 31.1 Å². The second kappa shape index (κ2) is 5.75. The third kappa shape index (κ3) is 2.40. The first-order valence-electron chi connectivity index (χ1n) is 8.83. The van der Waals surface area contributed by atoms with E-state index in [1.54, 1.807) is 12.5 Å². The molecule has 2 fully saturated rings. The summed E-state index contributed by atoms with van der Waals surface area (Å²) in [6.07, 6.45) is 5.09. The van der Waals surface area contributed by atoms with Crippen LogP contribution in [0.3, 0.4) is 0 Å². The summed E-state index contributed by atoms with van der Waals surface area (Å²) in [6, 6.07) is 6.37. The molecule has 130 valence electrons. The molecular weight excluding hydrogens is 328 g/mol. The quantitative estimate of drug-likeness (QED) is 0.738. The smallest absolute Gasteiger partial charge is 0.132 e. The molecule has 8 nitrogen and oxygen atoms in total. The van der Waals surface area contributed by atoms with E-state index in [1.807, 2.05) is 12.1 Å². The number of aromatic nitrogens is 5. The molecule has 1 saturated heterocycles. The number of hydrogen-bond donors (Lipinski definition) is 2. The van der Waals surface area contributed by atoms with Crippen molar-refractivity contribution < 1.29 is 0 Å². The maximum absolute atomic E-state index is 9.45. The number of pyridine rings is 1. The molecule has 8 heteroatoms. The van der Waals surface area contributed by atoms with Gasteiger partial charge in [-0.2, -0.15) is 10.4 Å². The Hall–Kier alpha value is -3.05. The van der Waals surface area contributed by atoms with Crippen LogP contribution in [0.5, 0.6) is 0 Å². The van der Waals surface area contributed by atoms with Gasteiger partial charge in [0.05, 0.1) is 34.6 Å². The Balaban J connectivity index is 1.57. The number of aromatic amines is 1. The molecule has 0 unspecified atom stereocenters. The van der Waals surface area contributed by atoms with Crippen LogP contribution in [0.15, 0.2) is 24.7 Å². The third-order valence-corrected chi connectivity index (χ3v) is 5.24. The number of hydrogen-bond acceptors (Lipinski definition) is 7. The highest BCUT2D eigenvalue weighted by Gasteiger charge is 2.46. The highest BCUT2D eigenvalue weighted by Crippen LogP contribution is 2.47. The molecule has 0 spiro atoms. The number of nitrogens with zero attached hydrogens (tertiary/aromatic N) is 6. The monoisotopic (exact) mass is 346 g/mol. The number of nitriles is 1. The Labute approximate surface area is 150 Å². The van der Waals surface area contributed by atoms with E-state index in [4.69, 9.17) is 0 Å². The Morgan fingerprint density at radius 2 is 1.96 bits per heavy atom. The predicted molar refractivity (Wildman–Crippen MR) is 96.5 cm³/mol. The van der Waals surface area contributed by atoms with Gasteiger partial charge in [-0.25, -0.2) is 9.97 Å². The summed E-state index contributed by atoms with van der Waals surface area (Å²) >= 11 is 0. The summed E-state index contributed by atoms with van der Waals surface area (Å²) in [5.41, 5.74) is 2.81. The normalized spacial score (nSPS) is 18.7. The standard InChI is InChI=1S/C18H18N8/c19-10-18(1-2-18)15-7-12-14(9-21-15)24-25-17(12)13-8-16(23-11-22-13)26-5-3-20-4-6-26/h7-9,11,20H,1-6H2,(H,24,25). The minimum Gasteiger partial charge on any atom is -0.354 e. The first kappa shape index (κ1) is 15.2. The lowest BCUT2D eigenvalue weighted by Gasteiger charge is -2.28. The molecule has 0 bridgehead atoms. The Morgan fingerprint density at radius 1 is 1.12 bits per heavy atom. The minimum atomic E-state index is -0.416. The van der Waals surface area contributed by atoms with Crippen LogP contribution in [0, 0.1) is 11.3 Å². The Kier molecular flexibility index (Phi) is 3.36. The summed E-state index contributed by atoms with van der Waals surface area (Å²) in [6.45, 7) is 3.76. The van der Waals surface area contributed by atoms with Crippen LogP contribution < -0.4 is 10.2 Å². The van der Waals surface area contributed by atoms with Crippen molar-refractivity contribution in [2.45, 2.75) is 18.3 Å². The van der Waals surface area contributed by atoms with Crippen LogP contribution in [-0.2, 0) is 5.41 Å². The van der Waals surface area contributed by atoms with Crippen LogP contribution in [0.1, 0.15) is 18.5 Å². The van der Waals surface area contributed by atoms with E-state index in [9.17, 15) is 5.26 Å². The third-order valence-electron chi connectivity index (χ3n) is 5.24. The first-order chi connectivity index (χ1) is 12.8. The average Bonchev–Trinajstić information content (AvgIpc) is 3.41. The van der Waals surface area contributed by atoms with Gasteiger partial charge in [-0.1, -0.05) is 0 Å². The number of H-pyrrole nitrogens is 1. The van der Waals surface area contributed by atoms with Crippen molar-refractivity contribution in [3.05, 3.63) is 30.4 Å². The molecule has 0 atom stereocenters. The van der Waals surface area contributed by atoms with Crippen LogP contribution >= 0.6 is 0 Å². The van der Waals surface area contributed by atoms with E-state index in [1.165, 1.54) is 0 Å². The molecule has 2 N–H and O–H groups in total. The number of nitrogens with one attached hydrogen (secondary N) is 2. The molecule has 4 heterocycles. The molecule has 2 aliphatic rings. The zero-order valence-electron chi connectivity index (χ0n) is 14.2. The van der Waals surface area contributed by atoms with E-state index >= 15 is 0 Å². The van der Waals surface area contributed by atoms with E-state index in [0.717, 1.165) is 72.8 Å². The summed E-state index contributed by atoms with van der Waals surface area (Å²) < 4.78 is 0. The van der Waals surface area contributed by atoms with Gasteiger partial charge >= 0.3 is 0 Å². The number of rotatable bonds is 3. The van der Waals surface area contributed by atoms with Crippen molar-refractivity contribution in [1.29, 1.82) is 5.26 Å². The van der Waals surface area contributed by atoms with E-state index in [2.05, 4.69) is 41.4 Å². The van der Waals surface area contributed by atoms with E-state index in [-0.39, 0.29) is 0 Å². The highest BCUT2D eigenvalue weighted by atomic mass is 15.2. The fourth-order valence-electron chi connectivity index (χ4n) is 3.47. The maximum Gasteiger partial charge on any atom is 0.132 e. The van der Waals surface area contributed by atoms with E-state index < -0.39 is 5.41 Å². The molecule has 3 aromatic rings. The van der Waals surface area contributed by atoms with Gasteiger partial charge in [0, 0.05) is 37.6 Å². The lowest BCUT2D eigenvalue weighted by molar-refractivity contribution is 0.584. The van der Waals surface area contributed by atoms with Gasteiger partial charge in [-0.05, 0) is 18.9 Å². The van der Waals surface area contributed by atoms with Gasteiger partial charge in [-0.15, -0.1) is 0 Å². The molecule has 0 aromatic carbocycles. The molecule has 3 aromatic heterocycles. The molecule has 0 amide bonds. The number of anilines is 1. The van der Waals surface area contributed by atoms with Gasteiger partial charge in [0.25, 0.3) is 0 Å². The fraction of sp³-hybridized carbons (Fsp3) is 0.389. The highest BCUT2D eigenvalue weighted by molar-refractivity contribution is 5.92. The molecular formula is C18H18N8. The second-order valence-corrected chi connectivity index (χ2v) is 6.88. The number of fused-ring (bicyclic) bond motifs is 1. The molecule has 26 heavy (non-hydrogen) atoms. The zero-order chi connectivity index (χ0) is 17.6. The molecule has 5 rings (SSSR count). The summed E-state index contributed by atoms with van der Waals surface area (Å²) in [7, 11) is 0. The van der Waals surface area contributed by atoms with Crippen molar-refractivity contribution in [1.82, 2.24) is 30.5 Å². The van der Waals surface area contributed by atoms with Crippen molar-refractivity contribution >= 4 is 16.7 Å². The van der Waals surface area contributed by atoms with Crippen molar-refractivity contribution in [3.63, 3.8) is 0 Å². The molecule has 1 aliphatic heterocycles. The lowest BCUT2D eigenvalue weighted by Crippen LogP contribution is -2.43. The van der Waals surface area contributed by atoms with Crippen LogP contribution in [0.4, 0.5) is 5.82 Å². The largest absolute Gasteiger partial charge is 0.354 e. The lowest BCUT2D eigenvalue weighted by atomic mass is 10.0. The van der Waals surface area contributed by atoms with Crippen LogP contribution in [0.25, 0.3) is 22.3 Å². The topological polar surface area (TPSA) is 106 Å². The second-order valence-electron chi connectivity index (χ2n) is 6.88. The fourth-order valence-corrected chi connectivity index (χ4v) is 3.47. The molecule has 0 radical (unpaired) electrons. The first-order valence-corrected chi connectivity index (χ1v) is 8.83. The predicted octanol–water partition coefficient (Wildman–Crippen LogP) is 1.38. The molecule has 1 aliphatic carbocycles. The van der Waals surface area contributed by atoms with Gasteiger partial charge in [0.2, 0.25) is 0 Å².